The molecule has 0 amide bonds. The number of primary sulfonamides is 1. The number of hydrogen-bond acceptors (Lipinski definition) is 8. The van der Waals surface area contributed by atoms with Gasteiger partial charge in [0.15, 0.2) is 0 Å². The molecule has 3 aromatic rings. The average molecular weight is 502 g/mol. The molecule has 1 fully saturated rings. The minimum absolute atomic E-state index is 0.133. The Morgan fingerprint density at radius 1 is 1.21 bits per heavy atom. The number of nitrogens with two attached hydrogens (primary N) is 1. The maximum atomic E-state index is 11.5. The van der Waals surface area contributed by atoms with Crippen molar-refractivity contribution in [3.63, 3.8) is 0 Å². The van der Waals surface area contributed by atoms with Crippen LogP contribution in [0, 0.1) is 5.92 Å². The SMILES string of the molecule is C[C@@H]1CCc2c(sc3nc(CN4CCOCC4)nc(NCCc4ccc(S(N)(=O)=O)cc4)c23)C1. The number of ether oxygens (including phenoxy) is 1. The van der Waals surface area contributed by atoms with Gasteiger partial charge < -0.3 is 10.1 Å². The van der Waals surface area contributed by atoms with Crippen LogP contribution in [-0.4, -0.2) is 56.1 Å². The molecule has 34 heavy (non-hydrogen) atoms. The molecule has 182 valence electrons. The highest BCUT2D eigenvalue weighted by atomic mass is 32.2. The van der Waals surface area contributed by atoms with Crippen LogP contribution in [0.25, 0.3) is 10.2 Å². The first-order chi connectivity index (χ1) is 16.4. The number of aryl methyl sites for hydroxylation is 1. The molecule has 1 aromatic carbocycles. The van der Waals surface area contributed by atoms with Gasteiger partial charge in [0.1, 0.15) is 16.5 Å². The molecule has 1 aliphatic heterocycles. The number of aromatic nitrogens is 2. The molecule has 0 unspecified atom stereocenters. The van der Waals surface area contributed by atoms with E-state index in [4.69, 9.17) is 19.8 Å². The third-order valence-electron chi connectivity index (χ3n) is 6.63. The number of rotatable bonds is 7. The molecule has 1 saturated heterocycles. The predicted molar refractivity (Wildman–Crippen MR) is 135 cm³/mol. The lowest BCUT2D eigenvalue weighted by Gasteiger charge is -2.26. The van der Waals surface area contributed by atoms with Crippen LogP contribution in [0.3, 0.4) is 0 Å². The van der Waals surface area contributed by atoms with Crippen molar-refractivity contribution in [2.45, 2.75) is 44.0 Å². The minimum atomic E-state index is -3.67. The molecular formula is C24H31N5O3S2. The van der Waals surface area contributed by atoms with Crippen LogP contribution >= 0.6 is 11.3 Å². The number of nitrogens with zero attached hydrogens (tertiary/aromatic N) is 3. The van der Waals surface area contributed by atoms with E-state index in [2.05, 4.69) is 17.1 Å². The standard InChI is InChI=1S/C24H31N5O3S2/c1-16-2-7-19-20(14-16)33-24-22(19)23(27-21(28-24)15-29-10-12-32-13-11-29)26-9-8-17-3-5-18(6-4-17)34(25,30)31/h3-6,16H,2,7-15H2,1H3,(H2,25,30,31)(H,26,27,28)/t16-/m1/s1. The van der Waals surface area contributed by atoms with Gasteiger partial charge in [-0.15, -0.1) is 11.3 Å². The van der Waals surface area contributed by atoms with Crippen LogP contribution in [-0.2, 0) is 40.6 Å². The summed E-state index contributed by atoms with van der Waals surface area (Å²) in [4.78, 5) is 15.0. The second-order valence-corrected chi connectivity index (χ2v) is 11.9. The first kappa shape index (κ1) is 23.6. The lowest BCUT2D eigenvalue weighted by Crippen LogP contribution is -2.36. The number of nitrogens with one attached hydrogen (secondary N) is 1. The summed E-state index contributed by atoms with van der Waals surface area (Å²) in [7, 11) is -3.67. The Hall–Kier alpha value is -2.11. The lowest BCUT2D eigenvalue weighted by atomic mass is 9.89. The zero-order valence-electron chi connectivity index (χ0n) is 19.4. The summed E-state index contributed by atoms with van der Waals surface area (Å²) in [5.74, 6) is 2.47. The van der Waals surface area contributed by atoms with E-state index in [9.17, 15) is 8.42 Å². The van der Waals surface area contributed by atoms with Gasteiger partial charge in [-0.25, -0.2) is 23.5 Å². The summed E-state index contributed by atoms with van der Waals surface area (Å²) in [6, 6.07) is 6.75. The first-order valence-electron chi connectivity index (χ1n) is 11.8. The highest BCUT2D eigenvalue weighted by Crippen LogP contribution is 2.40. The molecule has 5 rings (SSSR count). The Morgan fingerprint density at radius 2 is 1.97 bits per heavy atom. The van der Waals surface area contributed by atoms with E-state index < -0.39 is 10.0 Å². The van der Waals surface area contributed by atoms with Crippen LogP contribution < -0.4 is 10.5 Å². The van der Waals surface area contributed by atoms with Gasteiger partial charge in [-0.05, 0) is 54.9 Å². The third-order valence-corrected chi connectivity index (χ3v) is 8.71. The second kappa shape index (κ2) is 9.87. The molecule has 1 atom stereocenters. The van der Waals surface area contributed by atoms with Gasteiger partial charge in [0.2, 0.25) is 10.0 Å². The minimum Gasteiger partial charge on any atom is -0.379 e. The van der Waals surface area contributed by atoms with Gasteiger partial charge in [0.25, 0.3) is 0 Å². The van der Waals surface area contributed by atoms with Gasteiger partial charge in [-0.3, -0.25) is 4.90 Å². The lowest BCUT2D eigenvalue weighted by molar-refractivity contribution is 0.0331. The van der Waals surface area contributed by atoms with Crippen molar-refractivity contribution < 1.29 is 13.2 Å². The molecule has 10 heteroatoms. The van der Waals surface area contributed by atoms with Gasteiger partial charge in [0.05, 0.1) is 30.0 Å². The fraction of sp³-hybridized carbons (Fsp3) is 0.500. The Bertz CT molecular complexity index is 1270. The van der Waals surface area contributed by atoms with Crippen LogP contribution in [0.4, 0.5) is 5.82 Å². The average Bonchev–Trinajstić information content (AvgIpc) is 3.17. The smallest absolute Gasteiger partial charge is 0.238 e. The molecular weight excluding hydrogens is 470 g/mol. The Labute approximate surface area is 204 Å². The molecule has 0 spiro atoms. The normalized spacial score (nSPS) is 19.3. The van der Waals surface area contributed by atoms with Crippen LogP contribution in [0.2, 0.25) is 0 Å². The van der Waals surface area contributed by atoms with Crippen molar-refractivity contribution in [3.8, 4) is 0 Å². The van der Waals surface area contributed by atoms with E-state index in [1.54, 1.807) is 12.1 Å². The Morgan fingerprint density at radius 3 is 2.71 bits per heavy atom. The second-order valence-electron chi connectivity index (χ2n) is 9.27. The molecule has 2 aromatic heterocycles. The van der Waals surface area contributed by atoms with E-state index >= 15 is 0 Å². The number of fused-ring (bicyclic) bond motifs is 3. The quantitative estimate of drug-likeness (QED) is 0.512. The summed E-state index contributed by atoms with van der Waals surface area (Å²) in [5, 5.41) is 9.97. The van der Waals surface area contributed by atoms with Crippen molar-refractivity contribution in [1.29, 1.82) is 0 Å². The van der Waals surface area contributed by atoms with Crippen molar-refractivity contribution >= 4 is 37.4 Å². The van der Waals surface area contributed by atoms with E-state index in [0.717, 1.165) is 74.1 Å². The van der Waals surface area contributed by atoms with Crippen LogP contribution in [0.5, 0.6) is 0 Å². The molecule has 1 aliphatic carbocycles. The van der Waals surface area contributed by atoms with Gasteiger partial charge in [-0.1, -0.05) is 19.1 Å². The van der Waals surface area contributed by atoms with E-state index in [0.29, 0.717) is 12.5 Å². The van der Waals surface area contributed by atoms with Crippen molar-refractivity contribution in [2.75, 3.05) is 38.2 Å². The first-order valence-corrected chi connectivity index (χ1v) is 14.2. The highest BCUT2D eigenvalue weighted by molar-refractivity contribution is 7.89. The zero-order chi connectivity index (χ0) is 23.7. The van der Waals surface area contributed by atoms with E-state index in [-0.39, 0.29) is 4.90 Å². The molecule has 3 N–H and O–H groups in total. The molecule has 2 aliphatic rings. The summed E-state index contributed by atoms with van der Waals surface area (Å²) in [6.07, 6.45) is 4.14. The summed E-state index contributed by atoms with van der Waals surface area (Å²) >= 11 is 1.82. The van der Waals surface area contributed by atoms with Crippen molar-refractivity contribution in [2.24, 2.45) is 11.1 Å². The number of sulfonamides is 1. The van der Waals surface area contributed by atoms with Crippen LogP contribution in [0.1, 0.15) is 35.2 Å². The fourth-order valence-electron chi connectivity index (χ4n) is 4.72. The summed E-state index contributed by atoms with van der Waals surface area (Å²) < 4.78 is 28.5. The molecule has 8 nitrogen and oxygen atoms in total. The zero-order valence-corrected chi connectivity index (χ0v) is 21.1. The van der Waals surface area contributed by atoms with Crippen molar-refractivity contribution in [3.05, 3.63) is 46.1 Å². The number of hydrogen-bond donors (Lipinski definition) is 2. The summed E-state index contributed by atoms with van der Waals surface area (Å²) in [6.45, 7) is 7.05. The highest BCUT2D eigenvalue weighted by Gasteiger charge is 2.24. The van der Waals surface area contributed by atoms with Gasteiger partial charge >= 0.3 is 0 Å². The maximum Gasteiger partial charge on any atom is 0.238 e. The maximum absolute atomic E-state index is 11.5. The Kier molecular flexibility index (Phi) is 6.85. The third kappa shape index (κ3) is 5.26. The predicted octanol–water partition coefficient (Wildman–Crippen LogP) is 2.95. The number of benzene rings is 1. The fourth-order valence-corrected chi connectivity index (χ4v) is 6.63. The topological polar surface area (TPSA) is 110 Å². The molecule has 0 saturated carbocycles. The van der Waals surface area contributed by atoms with Crippen molar-refractivity contribution in [1.82, 2.24) is 14.9 Å². The molecule has 0 radical (unpaired) electrons. The monoisotopic (exact) mass is 501 g/mol. The number of anilines is 1. The molecule has 3 heterocycles. The number of thiophene rings is 1. The summed E-state index contributed by atoms with van der Waals surface area (Å²) in [5.41, 5.74) is 2.45. The number of morpholine rings is 1. The van der Waals surface area contributed by atoms with Gasteiger partial charge in [-0.2, -0.15) is 0 Å². The van der Waals surface area contributed by atoms with Gasteiger partial charge in [0, 0.05) is 24.5 Å². The Balaban J connectivity index is 1.38. The van der Waals surface area contributed by atoms with E-state index in [1.807, 2.05) is 23.5 Å². The molecule has 0 bridgehead atoms. The largest absolute Gasteiger partial charge is 0.379 e. The van der Waals surface area contributed by atoms with E-state index in [1.165, 1.54) is 22.2 Å². The van der Waals surface area contributed by atoms with Crippen LogP contribution in [0.15, 0.2) is 29.2 Å².